The number of thiophene rings is 1. The second-order valence-corrected chi connectivity index (χ2v) is 5.33. The van der Waals surface area contributed by atoms with E-state index in [1.54, 1.807) is 0 Å². The van der Waals surface area contributed by atoms with Crippen LogP contribution in [0.15, 0.2) is 12.1 Å². The average Bonchev–Trinajstić information content (AvgIpc) is 2.65. The van der Waals surface area contributed by atoms with Crippen molar-refractivity contribution in [3.05, 3.63) is 21.9 Å². The Hall–Kier alpha value is -0.870. The molecule has 1 rings (SSSR count). The Morgan fingerprint density at radius 2 is 2.20 bits per heavy atom. The predicted molar refractivity (Wildman–Crippen MR) is 64.3 cm³/mol. The van der Waals surface area contributed by atoms with Crippen LogP contribution in [0.5, 0.6) is 0 Å². The zero-order chi connectivity index (χ0) is 11.5. The van der Waals surface area contributed by atoms with Crippen molar-refractivity contribution < 1.29 is 4.79 Å². The molecule has 4 heteroatoms. The van der Waals surface area contributed by atoms with E-state index in [9.17, 15) is 4.79 Å². The van der Waals surface area contributed by atoms with Crippen molar-refractivity contribution in [3.63, 3.8) is 0 Å². The first-order chi connectivity index (χ1) is 6.98. The van der Waals surface area contributed by atoms with Gasteiger partial charge in [-0.15, -0.1) is 11.3 Å². The molecule has 1 amide bonds. The summed E-state index contributed by atoms with van der Waals surface area (Å²) >= 11 is 1.54. The van der Waals surface area contributed by atoms with E-state index in [0.717, 1.165) is 11.3 Å². The summed E-state index contributed by atoms with van der Waals surface area (Å²) in [6, 6.07) is 3.86. The van der Waals surface area contributed by atoms with Crippen molar-refractivity contribution >= 4 is 17.2 Å². The van der Waals surface area contributed by atoms with Gasteiger partial charge in [-0.05, 0) is 32.4 Å². The molecule has 1 heterocycles. The zero-order valence-corrected chi connectivity index (χ0v) is 10.3. The van der Waals surface area contributed by atoms with Crippen molar-refractivity contribution in [2.24, 2.45) is 5.73 Å². The number of nitrogens with two attached hydrogens (primary N) is 1. The van der Waals surface area contributed by atoms with Crippen LogP contribution in [-0.2, 0) is 6.42 Å². The molecule has 0 aromatic carbocycles. The standard InChI is InChI=1S/C11H18N2OS/c1-4-8-5-6-9(15-8)10(14)13-11(2,3)7-12/h5-6H,4,7,12H2,1-3H3,(H,13,14). The van der Waals surface area contributed by atoms with Crippen molar-refractivity contribution in [1.82, 2.24) is 5.32 Å². The number of rotatable bonds is 4. The van der Waals surface area contributed by atoms with Crippen LogP contribution in [0.3, 0.4) is 0 Å². The molecule has 0 saturated heterocycles. The van der Waals surface area contributed by atoms with E-state index in [1.165, 1.54) is 16.2 Å². The lowest BCUT2D eigenvalue weighted by Gasteiger charge is -2.23. The van der Waals surface area contributed by atoms with E-state index < -0.39 is 0 Å². The highest BCUT2D eigenvalue weighted by Gasteiger charge is 2.19. The predicted octanol–water partition coefficient (Wildman–Crippen LogP) is 1.78. The molecule has 0 bridgehead atoms. The summed E-state index contributed by atoms with van der Waals surface area (Å²) < 4.78 is 0. The quantitative estimate of drug-likeness (QED) is 0.822. The molecule has 0 spiro atoms. The van der Waals surface area contributed by atoms with Crippen LogP contribution in [0.4, 0.5) is 0 Å². The normalized spacial score (nSPS) is 11.5. The number of carbonyl (C=O) groups excluding carboxylic acids is 1. The fourth-order valence-electron chi connectivity index (χ4n) is 1.11. The van der Waals surface area contributed by atoms with Crippen LogP contribution in [0, 0.1) is 0 Å². The van der Waals surface area contributed by atoms with Crippen LogP contribution in [0.2, 0.25) is 0 Å². The van der Waals surface area contributed by atoms with Gasteiger partial charge in [0, 0.05) is 17.0 Å². The first-order valence-electron chi connectivity index (χ1n) is 5.10. The number of amides is 1. The fourth-order valence-corrected chi connectivity index (χ4v) is 1.95. The number of aryl methyl sites for hydroxylation is 1. The lowest BCUT2D eigenvalue weighted by molar-refractivity contribution is 0.0920. The summed E-state index contributed by atoms with van der Waals surface area (Å²) in [4.78, 5) is 13.8. The third kappa shape index (κ3) is 3.32. The Bertz CT molecular complexity index is 344. The molecular formula is C11H18N2OS. The first-order valence-corrected chi connectivity index (χ1v) is 5.91. The average molecular weight is 226 g/mol. The van der Waals surface area contributed by atoms with Gasteiger partial charge in [0.15, 0.2) is 0 Å². The van der Waals surface area contributed by atoms with Crippen LogP contribution in [0.25, 0.3) is 0 Å². The monoisotopic (exact) mass is 226 g/mol. The molecule has 0 aliphatic heterocycles. The molecule has 1 aromatic heterocycles. The molecule has 1 aromatic rings. The molecule has 0 aliphatic carbocycles. The van der Waals surface area contributed by atoms with Crippen molar-refractivity contribution in [2.75, 3.05) is 6.54 Å². The van der Waals surface area contributed by atoms with Gasteiger partial charge >= 0.3 is 0 Å². The highest BCUT2D eigenvalue weighted by Crippen LogP contribution is 2.17. The van der Waals surface area contributed by atoms with Gasteiger partial charge in [0.05, 0.1) is 4.88 Å². The van der Waals surface area contributed by atoms with Gasteiger partial charge in [-0.25, -0.2) is 0 Å². The van der Waals surface area contributed by atoms with Crippen molar-refractivity contribution in [2.45, 2.75) is 32.7 Å². The van der Waals surface area contributed by atoms with Gasteiger partial charge in [-0.2, -0.15) is 0 Å². The summed E-state index contributed by atoms with van der Waals surface area (Å²) in [7, 11) is 0. The van der Waals surface area contributed by atoms with Gasteiger partial charge < -0.3 is 11.1 Å². The molecule has 0 saturated carbocycles. The lowest BCUT2D eigenvalue weighted by Crippen LogP contribution is -2.48. The smallest absolute Gasteiger partial charge is 0.261 e. The summed E-state index contributed by atoms with van der Waals surface area (Å²) in [5.74, 6) is -0.0323. The maximum atomic E-state index is 11.8. The van der Waals surface area contributed by atoms with Crippen molar-refractivity contribution in [1.29, 1.82) is 0 Å². The van der Waals surface area contributed by atoms with E-state index in [0.29, 0.717) is 6.54 Å². The minimum absolute atomic E-state index is 0.0323. The second kappa shape index (κ2) is 4.77. The Morgan fingerprint density at radius 1 is 1.53 bits per heavy atom. The van der Waals surface area contributed by atoms with E-state index in [4.69, 9.17) is 5.73 Å². The highest BCUT2D eigenvalue weighted by atomic mass is 32.1. The maximum Gasteiger partial charge on any atom is 0.261 e. The maximum absolute atomic E-state index is 11.8. The molecule has 0 fully saturated rings. The molecule has 0 atom stereocenters. The van der Waals surface area contributed by atoms with E-state index in [-0.39, 0.29) is 11.4 Å². The Balaban J connectivity index is 2.69. The summed E-state index contributed by atoms with van der Waals surface area (Å²) in [6.07, 6.45) is 0.970. The zero-order valence-electron chi connectivity index (χ0n) is 9.46. The van der Waals surface area contributed by atoms with Crippen LogP contribution >= 0.6 is 11.3 Å². The van der Waals surface area contributed by atoms with Crippen LogP contribution in [0.1, 0.15) is 35.3 Å². The molecule has 15 heavy (non-hydrogen) atoms. The molecule has 3 N–H and O–H groups in total. The molecule has 84 valence electrons. The number of carbonyl (C=O) groups is 1. The van der Waals surface area contributed by atoms with Gasteiger partial charge in [0.1, 0.15) is 0 Å². The Morgan fingerprint density at radius 3 is 2.67 bits per heavy atom. The van der Waals surface area contributed by atoms with Gasteiger partial charge in [0.25, 0.3) is 5.91 Å². The topological polar surface area (TPSA) is 55.1 Å². The largest absolute Gasteiger partial charge is 0.345 e. The number of nitrogens with one attached hydrogen (secondary N) is 1. The highest BCUT2D eigenvalue weighted by molar-refractivity contribution is 7.14. The molecular weight excluding hydrogens is 208 g/mol. The third-order valence-corrected chi connectivity index (χ3v) is 3.42. The molecule has 0 radical (unpaired) electrons. The molecule has 0 aliphatic rings. The second-order valence-electron chi connectivity index (χ2n) is 4.16. The summed E-state index contributed by atoms with van der Waals surface area (Å²) in [5.41, 5.74) is 5.21. The van der Waals surface area contributed by atoms with Gasteiger partial charge in [-0.1, -0.05) is 6.92 Å². The van der Waals surface area contributed by atoms with Crippen LogP contribution in [-0.4, -0.2) is 18.0 Å². The lowest BCUT2D eigenvalue weighted by atomic mass is 10.1. The Labute approximate surface area is 94.7 Å². The molecule has 0 unspecified atom stereocenters. The first kappa shape index (κ1) is 12.2. The van der Waals surface area contributed by atoms with Crippen LogP contribution < -0.4 is 11.1 Å². The fraction of sp³-hybridized carbons (Fsp3) is 0.545. The van der Waals surface area contributed by atoms with Gasteiger partial charge in [-0.3, -0.25) is 4.79 Å². The summed E-state index contributed by atoms with van der Waals surface area (Å²) in [6.45, 7) is 6.35. The minimum Gasteiger partial charge on any atom is -0.345 e. The SMILES string of the molecule is CCc1ccc(C(=O)NC(C)(C)CN)s1. The van der Waals surface area contributed by atoms with E-state index >= 15 is 0 Å². The third-order valence-electron chi connectivity index (χ3n) is 2.20. The Kier molecular flexibility index (Phi) is 3.88. The number of hydrogen-bond acceptors (Lipinski definition) is 3. The minimum atomic E-state index is -0.340. The van der Waals surface area contributed by atoms with Gasteiger partial charge in [0.2, 0.25) is 0 Å². The number of hydrogen-bond donors (Lipinski definition) is 2. The summed E-state index contributed by atoms with van der Waals surface area (Å²) in [5, 5.41) is 2.91. The van der Waals surface area contributed by atoms with E-state index in [2.05, 4.69) is 12.2 Å². The van der Waals surface area contributed by atoms with E-state index in [1.807, 2.05) is 26.0 Å². The molecule has 3 nitrogen and oxygen atoms in total. The van der Waals surface area contributed by atoms with Crippen molar-refractivity contribution in [3.8, 4) is 0 Å².